The quantitative estimate of drug-likeness (QED) is 0.526. The molecule has 0 aliphatic carbocycles. The lowest BCUT2D eigenvalue weighted by molar-refractivity contribution is 0.144. The van der Waals surface area contributed by atoms with Gasteiger partial charge in [0.25, 0.3) is 0 Å². The summed E-state index contributed by atoms with van der Waals surface area (Å²) in [5, 5.41) is 2.90. The Labute approximate surface area is 66.0 Å². The topological polar surface area (TPSA) is 78.8 Å². The number of phosphoric ester groups is 1. The van der Waals surface area contributed by atoms with Crippen LogP contribution in [0.3, 0.4) is 0 Å². The molecule has 0 rings (SSSR count). The molecule has 68 valence electrons. The van der Waals surface area contributed by atoms with Crippen LogP contribution in [0, 0.1) is 0 Å². The Morgan fingerprint density at radius 1 is 1.64 bits per heavy atom. The molecular formula is C5H14NO4P. The maximum absolute atomic E-state index is 10.2. The van der Waals surface area contributed by atoms with E-state index < -0.39 is 13.9 Å². The van der Waals surface area contributed by atoms with Gasteiger partial charge in [-0.3, -0.25) is 4.52 Å². The van der Waals surface area contributed by atoms with Gasteiger partial charge in [0.15, 0.2) is 0 Å². The minimum Gasteiger partial charge on any atom is -0.314 e. The van der Waals surface area contributed by atoms with Gasteiger partial charge in [-0.2, -0.15) is 0 Å². The van der Waals surface area contributed by atoms with E-state index in [2.05, 4.69) is 9.84 Å². The first-order valence-electron chi connectivity index (χ1n) is 3.40. The molecule has 1 unspecified atom stereocenters. The van der Waals surface area contributed by atoms with Crippen LogP contribution < -0.4 is 5.32 Å². The number of hydrogen-bond acceptors (Lipinski definition) is 3. The monoisotopic (exact) mass is 183 g/mol. The van der Waals surface area contributed by atoms with Gasteiger partial charge in [0.2, 0.25) is 0 Å². The molecule has 0 aromatic heterocycles. The first-order valence-corrected chi connectivity index (χ1v) is 4.93. The summed E-state index contributed by atoms with van der Waals surface area (Å²) >= 11 is 0. The van der Waals surface area contributed by atoms with Crippen LogP contribution >= 0.6 is 7.82 Å². The summed E-state index contributed by atoms with van der Waals surface area (Å²) in [6.07, 6.45) is -0.462. The summed E-state index contributed by atoms with van der Waals surface area (Å²) in [6.45, 7) is 4.71. The van der Waals surface area contributed by atoms with Crippen molar-refractivity contribution in [2.75, 3.05) is 13.1 Å². The Morgan fingerprint density at radius 3 is 2.55 bits per heavy atom. The number of nitrogens with one attached hydrogen (secondary N) is 1. The van der Waals surface area contributed by atoms with E-state index in [-0.39, 0.29) is 0 Å². The molecule has 0 amide bonds. The van der Waals surface area contributed by atoms with Crippen molar-refractivity contribution in [3.8, 4) is 0 Å². The van der Waals surface area contributed by atoms with Crippen LogP contribution in [-0.2, 0) is 9.09 Å². The Balaban J connectivity index is 3.52. The van der Waals surface area contributed by atoms with Crippen molar-refractivity contribution < 1.29 is 18.9 Å². The highest BCUT2D eigenvalue weighted by Gasteiger charge is 2.17. The fraction of sp³-hybridized carbons (Fsp3) is 1.00. The number of likely N-dealkylation sites (N-methyl/N-ethyl adjacent to an activating group) is 1. The van der Waals surface area contributed by atoms with Crippen LogP contribution in [0.5, 0.6) is 0 Å². The molecule has 0 fully saturated rings. The number of phosphoric acid groups is 1. The molecule has 0 aliphatic rings. The molecule has 0 aromatic rings. The average Bonchev–Trinajstić information content (AvgIpc) is 1.79. The first-order chi connectivity index (χ1) is 4.95. The highest BCUT2D eigenvalue weighted by Crippen LogP contribution is 2.37. The maximum atomic E-state index is 10.2. The lowest BCUT2D eigenvalue weighted by Gasteiger charge is -2.12. The Bertz CT molecular complexity index is 145. The van der Waals surface area contributed by atoms with E-state index in [1.165, 1.54) is 0 Å². The molecule has 11 heavy (non-hydrogen) atoms. The van der Waals surface area contributed by atoms with Crippen molar-refractivity contribution in [3.05, 3.63) is 0 Å². The summed E-state index contributed by atoms with van der Waals surface area (Å²) in [5.74, 6) is 0. The van der Waals surface area contributed by atoms with E-state index in [1.807, 2.05) is 6.92 Å². The van der Waals surface area contributed by atoms with Crippen LogP contribution in [0.15, 0.2) is 0 Å². The van der Waals surface area contributed by atoms with Crippen LogP contribution in [0.2, 0.25) is 0 Å². The predicted molar refractivity (Wildman–Crippen MR) is 41.1 cm³/mol. The van der Waals surface area contributed by atoms with Gasteiger partial charge in [-0.05, 0) is 13.5 Å². The first kappa shape index (κ1) is 11.1. The maximum Gasteiger partial charge on any atom is 0.469 e. The summed E-state index contributed by atoms with van der Waals surface area (Å²) in [4.78, 5) is 16.7. The molecule has 0 spiro atoms. The fourth-order valence-electron chi connectivity index (χ4n) is 0.619. The molecule has 5 nitrogen and oxygen atoms in total. The van der Waals surface area contributed by atoms with E-state index >= 15 is 0 Å². The van der Waals surface area contributed by atoms with E-state index in [1.54, 1.807) is 6.92 Å². The Hall–Kier alpha value is 0.0700. The third-order valence-electron chi connectivity index (χ3n) is 0.999. The van der Waals surface area contributed by atoms with Crippen LogP contribution in [0.25, 0.3) is 0 Å². The zero-order valence-corrected chi connectivity index (χ0v) is 7.54. The molecule has 1 atom stereocenters. The molecule has 0 saturated carbocycles. The van der Waals surface area contributed by atoms with Gasteiger partial charge in [0.1, 0.15) is 0 Å². The zero-order chi connectivity index (χ0) is 8.91. The van der Waals surface area contributed by atoms with Gasteiger partial charge in [0, 0.05) is 6.54 Å². The highest BCUT2D eigenvalue weighted by molar-refractivity contribution is 7.46. The fourth-order valence-corrected chi connectivity index (χ4v) is 1.16. The molecular weight excluding hydrogens is 169 g/mol. The molecule has 6 heteroatoms. The van der Waals surface area contributed by atoms with Crippen molar-refractivity contribution >= 4 is 7.82 Å². The van der Waals surface area contributed by atoms with Gasteiger partial charge in [-0.1, -0.05) is 6.92 Å². The van der Waals surface area contributed by atoms with Gasteiger partial charge in [-0.25, -0.2) is 4.57 Å². The third-order valence-corrected chi connectivity index (χ3v) is 1.63. The van der Waals surface area contributed by atoms with Crippen LogP contribution in [0.4, 0.5) is 0 Å². The van der Waals surface area contributed by atoms with Crippen LogP contribution in [0.1, 0.15) is 13.8 Å². The smallest absolute Gasteiger partial charge is 0.314 e. The molecule has 0 bridgehead atoms. The summed E-state index contributed by atoms with van der Waals surface area (Å²) in [7, 11) is -4.30. The minimum absolute atomic E-state index is 0.446. The van der Waals surface area contributed by atoms with E-state index in [9.17, 15) is 4.57 Å². The Morgan fingerprint density at radius 2 is 2.18 bits per heavy atom. The molecule has 3 N–H and O–H groups in total. The van der Waals surface area contributed by atoms with Crippen LogP contribution in [-0.4, -0.2) is 29.0 Å². The number of hydrogen-bond donors (Lipinski definition) is 3. The second kappa shape index (κ2) is 4.85. The van der Waals surface area contributed by atoms with Gasteiger partial charge in [0.05, 0.1) is 6.10 Å². The zero-order valence-electron chi connectivity index (χ0n) is 6.65. The predicted octanol–water partition coefficient (Wildman–Crippen LogP) is 0.0937. The van der Waals surface area contributed by atoms with Gasteiger partial charge < -0.3 is 15.1 Å². The van der Waals surface area contributed by atoms with Crippen molar-refractivity contribution in [3.63, 3.8) is 0 Å². The second-order valence-electron chi connectivity index (χ2n) is 2.21. The highest BCUT2D eigenvalue weighted by atomic mass is 31.2. The summed E-state index contributed by atoms with van der Waals surface area (Å²) < 4.78 is 14.6. The molecule has 0 heterocycles. The third kappa shape index (κ3) is 7.97. The Kier molecular flexibility index (Phi) is 4.88. The standard InChI is InChI=1S/C5H14NO4P/c1-3-6-4-5(2)10-11(7,8)9/h5-6H,3-4H2,1-2H3,(H2,7,8,9). The molecule has 0 aromatic carbocycles. The van der Waals surface area contributed by atoms with Gasteiger partial charge >= 0.3 is 7.82 Å². The lowest BCUT2D eigenvalue weighted by Crippen LogP contribution is -2.25. The summed E-state index contributed by atoms with van der Waals surface area (Å²) in [6, 6.07) is 0. The molecule has 0 saturated heterocycles. The van der Waals surface area contributed by atoms with Crippen molar-refractivity contribution in [2.45, 2.75) is 20.0 Å². The average molecular weight is 183 g/mol. The van der Waals surface area contributed by atoms with E-state index in [0.29, 0.717) is 6.54 Å². The summed E-state index contributed by atoms with van der Waals surface area (Å²) in [5.41, 5.74) is 0. The van der Waals surface area contributed by atoms with Gasteiger partial charge in [-0.15, -0.1) is 0 Å². The normalized spacial score (nSPS) is 14.9. The SMILES string of the molecule is CCNCC(C)OP(=O)(O)O. The molecule has 0 aliphatic heterocycles. The van der Waals surface area contributed by atoms with Crippen molar-refractivity contribution in [1.29, 1.82) is 0 Å². The van der Waals surface area contributed by atoms with Crippen molar-refractivity contribution in [2.24, 2.45) is 0 Å². The minimum atomic E-state index is -4.30. The van der Waals surface area contributed by atoms with E-state index in [4.69, 9.17) is 9.79 Å². The van der Waals surface area contributed by atoms with E-state index in [0.717, 1.165) is 6.54 Å². The van der Waals surface area contributed by atoms with Crippen molar-refractivity contribution in [1.82, 2.24) is 5.32 Å². The largest absolute Gasteiger partial charge is 0.469 e. The number of rotatable bonds is 5. The lowest BCUT2D eigenvalue weighted by atomic mass is 10.4. The second-order valence-corrected chi connectivity index (χ2v) is 3.41. The molecule has 0 radical (unpaired) electrons.